The van der Waals surface area contributed by atoms with Gasteiger partial charge in [-0.25, -0.2) is 4.39 Å². The van der Waals surface area contributed by atoms with Gasteiger partial charge in [0, 0.05) is 19.6 Å². The summed E-state index contributed by atoms with van der Waals surface area (Å²) in [5.74, 6) is -0.463. The second kappa shape index (κ2) is 10.7. The molecule has 0 atom stereocenters. The minimum atomic E-state index is -0.449. The Kier molecular flexibility index (Phi) is 8.91. The monoisotopic (exact) mass is 353 g/mol. The molecule has 1 N–H and O–H groups in total. The molecular weight excluding hydrogens is 325 g/mol. The van der Waals surface area contributed by atoms with Gasteiger partial charge in [-0.2, -0.15) is 0 Å². The molecule has 0 aliphatic heterocycles. The van der Waals surface area contributed by atoms with Crippen molar-refractivity contribution in [2.24, 2.45) is 0 Å². The molecule has 1 aromatic rings. The van der Waals surface area contributed by atoms with E-state index in [0.717, 1.165) is 0 Å². The number of nitrogens with one attached hydrogen (secondary N) is 1. The van der Waals surface area contributed by atoms with E-state index in [2.05, 4.69) is 5.32 Å². The Morgan fingerprint density at radius 3 is 2.40 bits per heavy atom. The first-order chi connectivity index (χ1) is 11.9. The van der Waals surface area contributed by atoms with Gasteiger partial charge in [-0.05, 0) is 38.1 Å². The summed E-state index contributed by atoms with van der Waals surface area (Å²) in [5, 5.41) is 2.72. The molecule has 0 heterocycles. The van der Waals surface area contributed by atoms with Crippen molar-refractivity contribution in [1.82, 2.24) is 15.1 Å². The van der Waals surface area contributed by atoms with Gasteiger partial charge in [-0.1, -0.05) is 13.0 Å². The number of hydrogen-bond donors (Lipinski definition) is 1. The van der Waals surface area contributed by atoms with E-state index in [0.29, 0.717) is 31.7 Å². The molecule has 0 aliphatic carbocycles. The zero-order valence-corrected chi connectivity index (χ0v) is 15.5. The van der Waals surface area contributed by atoms with Gasteiger partial charge < -0.3 is 15.0 Å². The quantitative estimate of drug-likeness (QED) is 0.695. The van der Waals surface area contributed by atoms with Crippen LogP contribution in [0.2, 0.25) is 0 Å². The average molecular weight is 353 g/mol. The van der Waals surface area contributed by atoms with Gasteiger partial charge in [0.15, 0.2) is 11.6 Å². The highest BCUT2D eigenvalue weighted by molar-refractivity contribution is 5.81. The third kappa shape index (κ3) is 6.70. The fourth-order valence-electron chi connectivity index (χ4n) is 2.43. The highest BCUT2D eigenvalue weighted by Gasteiger charge is 2.18. The van der Waals surface area contributed by atoms with E-state index in [1.54, 1.807) is 21.9 Å². The lowest BCUT2D eigenvalue weighted by Gasteiger charge is -2.25. The van der Waals surface area contributed by atoms with E-state index in [1.807, 2.05) is 20.8 Å². The third-order valence-corrected chi connectivity index (χ3v) is 3.87. The maximum atomic E-state index is 13.8. The third-order valence-electron chi connectivity index (χ3n) is 3.87. The Bertz CT molecular complexity index is 581. The summed E-state index contributed by atoms with van der Waals surface area (Å²) in [6.07, 6.45) is 0. The summed E-state index contributed by atoms with van der Waals surface area (Å²) in [5.41, 5.74) is 0.695. The van der Waals surface area contributed by atoms with Crippen LogP contribution in [0, 0.1) is 5.82 Å². The van der Waals surface area contributed by atoms with Gasteiger partial charge in [0.2, 0.25) is 11.8 Å². The summed E-state index contributed by atoms with van der Waals surface area (Å²) in [4.78, 5) is 27.6. The van der Waals surface area contributed by atoms with Crippen molar-refractivity contribution < 1.29 is 18.7 Å². The van der Waals surface area contributed by atoms with Gasteiger partial charge in [0.05, 0.1) is 20.2 Å². The van der Waals surface area contributed by atoms with E-state index < -0.39 is 5.82 Å². The number of amides is 2. The highest BCUT2D eigenvalue weighted by atomic mass is 19.1. The summed E-state index contributed by atoms with van der Waals surface area (Å²) in [6.45, 7) is 7.95. The minimum Gasteiger partial charge on any atom is -0.494 e. The van der Waals surface area contributed by atoms with Gasteiger partial charge in [0.1, 0.15) is 0 Å². The fourth-order valence-corrected chi connectivity index (χ4v) is 2.43. The van der Waals surface area contributed by atoms with Crippen molar-refractivity contribution in [3.63, 3.8) is 0 Å². The van der Waals surface area contributed by atoms with Crippen LogP contribution in [-0.2, 0) is 16.1 Å². The fraction of sp³-hybridized carbons (Fsp3) is 0.556. The Morgan fingerprint density at radius 1 is 1.16 bits per heavy atom. The molecule has 0 aliphatic rings. The van der Waals surface area contributed by atoms with Crippen LogP contribution in [0.1, 0.15) is 26.3 Å². The lowest BCUT2D eigenvalue weighted by Crippen LogP contribution is -2.44. The van der Waals surface area contributed by atoms with Gasteiger partial charge >= 0.3 is 0 Å². The summed E-state index contributed by atoms with van der Waals surface area (Å²) in [7, 11) is 1.41. The lowest BCUT2D eigenvalue weighted by molar-refractivity contribution is -0.133. The van der Waals surface area contributed by atoms with Crippen molar-refractivity contribution in [3.05, 3.63) is 29.6 Å². The number of hydrogen-bond acceptors (Lipinski definition) is 4. The zero-order chi connectivity index (χ0) is 18.8. The standard InChI is InChI=1S/C18H28FN3O3/c1-5-20-17(23)12-21(6-2)13-18(24)22(7-3)11-14-8-9-16(25-4)15(19)10-14/h8-10H,5-7,11-13H2,1-4H3,(H,20,23). The van der Waals surface area contributed by atoms with Crippen LogP contribution >= 0.6 is 0 Å². The Hall–Kier alpha value is -2.15. The Labute approximate surface area is 148 Å². The largest absolute Gasteiger partial charge is 0.494 e. The SMILES string of the molecule is CCNC(=O)CN(CC)CC(=O)N(CC)Cc1ccc(OC)c(F)c1. The highest BCUT2D eigenvalue weighted by Crippen LogP contribution is 2.18. The van der Waals surface area contributed by atoms with Gasteiger partial charge in [0.25, 0.3) is 0 Å². The second-order valence-corrected chi connectivity index (χ2v) is 5.63. The normalized spacial score (nSPS) is 10.6. The van der Waals surface area contributed by atoms with Crippen LogP contribution in [0.15, 0.2) is 18.2 Å². The van der Waals surface area contributed by atoms with Crippen molar-refractivity contribution in [3.8, 4) is 5.75 Å². The van der Waals surface area contributed by atoms with Gasteiger partial charge in [-0.15, -0.1) is 0 Å². The molecule has 7 heteroatoms. The number of methoxy groups -OCH3 is 1. The molecule has 0 unspecified atom stereocenters. The number of carbonyl (C=O) groups is 2. The first-order valence-electron chi connectivity index (χ1n) is 8.54. The molecule has 0 radical (unpaired) electrons. The summed E-state index contributed by atoms with van der Waals surface area (Å²) in [6, 6.07) is 4.67. The predicted octanol–water partition coefficient (Wildman–Crippen LogP) is 1.64. The van der Waals surface area contributed by atoms with Crippen LogP contribution in [0.4, 0.5) is 4.39 Å². The molecule has 140 valence electrons. The number of benzene rings is 1. The number of rotatable bonds is 10. The average Bonchev–Trinajstić information content (AvgIpc) is 2.59. The molecular formula is C18H28FN3O3. The van der Waals surface area contributed by atoms with E-state index in [-0.39, 0.29) is 30.7 Å². The van der Waals surface area contributed by atoms with Crippen molar-refractivity contribution in [2.75, 3.05) is 39.8 Å². The van der Waals surface area contributed by atoms with Crippen molar-refractivity contribution in [2.45, 2.75) is 27.3 Å². The van der Waals surface area contributed by atoms with Crippen molar-refractivity contribution >= 4 is 11.8 Å². The van der Waals surface area contributed by atoms with E-state index in [9.17, 15) is 14.0 Å². The first kappa shape index (κ1) is 20.9. The molecule has 0 spiro atoms. The van der Waals surface area contributed by atoms with Crippen LogP contribution in [0.25, 0.3) is 0 Å². The molecule has 2 amide bonds. The smallest absolute Gasteiger partial charge is 0.237 e. The zero-order valence-electron chi connectivity index (χ0n) is 15.5. The molecule has 6 nitrogen and oxygen atoms in total. The lowest BCUT2D eigenvalue weighted by atomic mass is 10.2. The number of carbonyl (C=O) groups excluding carboxylic acids is 2. The number of nitrogens with zero attached hydrogens (tertiary/aromatic N) is 2. The Balaban J connectivity index is 2.69. The minimum absolute atomic E-state index is 0.0927. The van der Waals surface area contributed by atoms with Crippen LogP contribution in [0.3, 0.4) is 0 Å². The molecule has 0 aromatic heterocycles. The molecule has 0 fully saturated rings. The first-order valence-corrected chi connectivity index (χ1v) is 8.54. The maximum Gasteiger partial charge on any atom is 0.237 e. The van der Waals surface area contributed by atoms with Gasteiger partial charge in [-0.3, -0.25) is 14.5 Å². The molecule has 1 aromatic carbocycles. The number of ether oxygens (including phenoxy) is 1. The Morgan fingerprint density at radius 2 is 1.88 bits per heavy atom. The summed E-state index contributed by atoms with van der Waals surface area (Å²) < 4.78 is 18.7. The van der Waals surface area contributed by atoms with E-state index in [1.165, 1.54) is 13.2 Å². The van der Waals surface area contributed by atoms with E-state index in [4.69, 9.17) is 4.74 Å². The second-order valence-electron chi connectivity index (χ2n) is 5.63. The van der Waals surface area contributed by atoms with E-state index >= 15 is 0 Å². The molecule has 0 saturated heterocycles. The summed E-state index contributed by atoms with van der Waals surface area (Å²) >= 11 is 0. The topological polar surface area (TPSA) is 61.9 Å². The molecule has 1 rings (SSSR count). The number of likely N-dealkylation sites (N-methyl/N-ethyl adjacent to an activating group) is 3. The predicted molar refractivity (Wildman–Crippen MR) is 94.8 cm³/mol. The van der Waals surface area contributed by atoms with Crippen LogP contribution in [-0.4, -0.2) is 61.4 Å². The molecule has 0 saturated carbocycles. The molecule has 0 bridgehead atoms. The van der Waals surface area contributed by atoms with Crippen LogP contribution < -0.4 is 10.1 Å². The molecule has 25 heavy (non-hydrogen) atoms. The van der Waals surface area contributed by atoms with Crippen LogP contribution in [0.5, 0.6) is 5.75 Å². The maximum absolute atomic E-state index is 13.8. The van der Waals surface area contributed by atoms with Crippen molar-refractivity contribution in [1.29, 1.82) is 0 Å². The number of halogens is 1.